The molecule has 430 valence electrons. The molecule has 1 fully saturated rings. The lowest BCUT2D eigenvalue weighted by Crippen LogP contribution is -2.60. The van der Waals surface area contributed by atoms with E-state index in [1.807, 2.05) is 0 Å². The normalized spacial score (nSPS) is 20.2. The maximum Gasteiger partial charge on any atom is 0.249 e. The summed E-state index contributed by atoms with van der Waals surface area (Å²) in [6.45, 7) is 3.36. The molecule has 0 spiro atoms. The first-order chi connectivity index (χ1) is 35.7. The number of unbranched alkanes of at least 4 members (excludes halogenated alkanes) is 35. The zero-order valence-corrected chi connectivity index (χ0v) is 47.1. The van der Waals surface area contributed by atoms with Crippen LogP contribution < -0.4 is 5.32 Å². The number of carbonyl (C=O) groups is 1. The summed E-state index contributed by atoms with van der Waals surface area (Å²) in [6, 6.07) is -1.19. The van der Waals surface area contributed by atoms with Crippen LogP contribution in [0.25, 0.3) is 0 Å². The molecule has 1 rings (SSSR count). The molecular formula is C62H117NO10. The van der Waals surface area contributed by atoms with Crippen molar-refractivity contribution in [2.24, 2.45) is 0 Å². The van der Waals surface area contributed by atoms with Crippen molar-refractivity contribution in [1.29, 1.82) is 0 Å². The van der Waals surface area contributed by atoms with Crippen LogP contribution in [0.2, 0.25) is 0 Å². The summed E-state index contributed by atoms with van der Waals surface area (Å²) < 4.78 is 11.1. The molecule has 73 heavy (non-hydrogen) atoms. The molecule has 0 aromatic carbocycles. The molecule has 8 N–H and O–H groups in total. The van der Waals surface area contributed by atoms with E-state index in [-0.39, 0.29) is 12.8 Å². The summed E-state index contributed by atoms with van der Waals surface area (Å²) in [5.74, 6) is -0.710. The van der Waals surface area contributed by atoms with Crippen LogP contribution in [0.1, 0.15) is 284 Å². The van der Waals surface area contributed by atoms with Crippen molar-refractivity contribution in [1.82, 2.24) is 5.32 Å². The van der Waals surface area contributed by atoms with Crippen LogP contribution in [-0.2, 0) is 14.3 Å². The fraction of sp³-hybridized carbons (Fsp3) is 0.887. The van der Waals surface area contributed by atoms with Crippen LogP contribution in [0.4, 0.5) is 0 Å². The third kappa shape index (κ3) is 39.4. The minimum atomic E-state index is -1.67. The highest BCUT2D eigenvalue weighted by Crippen LogP contribution is 2.23. The van der Waals surface area contributed by atoms with E-state index in [2.05, 4.69) is 55.6 Å². The maximum absolute atomic E-state index is 13.1. The SMILES string of the molecule is CCC/C=C/CC/C=C/CCCC(O)C(O)C(COC1OC(CO)C(O)C(O)C1O)NC(=O)C(O)CCCCCCCCCCCCCCCCCC/C=C\CCCCCCCCCCCCCCCCCC. The van der Waals surface area contributed by atoms with Crippen LogP contribution >= 0.6 is 0 Å². The molecule has 0 radical (unpaired) electrons. The Kier molecular flexibility index (Phi) is 48.5. The molecule has 0 aromatic rings. The highest BCUT2D eigenvalue weighted by molar-refractivity contribution is 5.80. The van der Waals surface area contributed by atoms with Crippen molar-refractivity contribution >= 4 is 5.91 Å². The molecule has 11 nitrogen and oxygen atoms in total. The average Bonchev–Trinajstić information content (AvgIpc) is 3.39. The Morgan fingerprint density at radius 1 is 0.466 bits per heavy atom. The number of rotatable bonds is 53. The van der Waals surface area contributed by atoms with Gasteiger partial charge in [0.15, 0.2) is 6.29 Å². The number of hydrogen-bond donors (Lipinski definition) is 8. The minimum Gasteiger partial charge on any atom is -0.394 e. The summed E-state index contributed by atoms with van der Waals surface area (Å²) >= 11 is 0. The molecule has 1 heterocycles. The lowest BCUT2D eigenvalue weighted by atomic mass is 9.98. The Labute approximate surface area is 447 Å². The topological polar surface area (TPSA) is 189 Å². The van der Waals surface area contributed by atoms with Crippen LogP contribution in [0, 0.1) is 0 Å². The van der Waals surface area contributed by atoms with Crippen molar-refractivity contribution in [2.75, 3.05) is 13.2 Å². The van der Waals surface area contributed by atoms with Gasteiger partial charge < -0.3 is 50.5 Å². The first-order valence-corrected chi connectivity index (χ1v) is 30.9. The Bertz CT molecular complexity index is 1280. The molecule has 11 heteroatoms. The Balaban J connectivity index is 2.11. The quantitative estimate of drug-likeness (QED) is 0.0215. The summed E-state index contributed by atoms with van der Waals surface area (Å²) in [5.41, 5.74) is 0. The van der Waals surface area contributed by atoms with Gasteiger partial charge in [0.25, 0.3) is 0 Å². The van der Waals surface area contributed by atoms with E-state index in [9.17, 15) is 40.5 Å². The summed E-state index contributed by atoms with van der Waals surface area (Å²) in [5, 5.41) is 75.8. The number of ether oxygens (including phenoxy) is 2. The number of nitrogens with one attached hydrogen (secondary N) is 1. The molecule has 1 aliphatic heterocycles. The van der Waals surface area contributed by atoms with E-state index in [0.717, 1.165) is 44.9 Å². The number of allylic oxidation sites excluding steroid dienone is 6. The third-order valence-electron chi connectivity index (χ3n) is 14.9. The monoisotopic (exact) mass is 1040 g/mol. The van der Waals surface area contributed by atoms with Gasteiger partial charge in [0, 0.05) is 0 Å². The highest BCUT2D eigenvalue weighted by Gasteiger charge is 2.44. The molecule has 9 atom stereocenters. The van der Waals surface area contributed by atoms with E-state index in [0.29, 0.717) is 19.3 Å². The zero-order chi connectivity index (χ0) is 53.3. The van der Waals surface area contributed by atoms with Crippen molar-refractivity contribution in [2.45, 2.75) is 339 Å². The molecule has 0 bridgehead atoms. The first-order valence-electron chi connectivity index (χ1n) is 30.9. The van der Waals surface area contributed by atoms with E-state index in [1.54, 1.807) is 0 Å². The second-order valence-corrected chi connectivity index (χ2v) is 21.8. The summed E-state index contributed by atoms with van der Waals surface area (Å²) in [7, 11) is 0. The predicted molar refractivity (Wildman–Crippen MR) is 302 cm³/mol. The van der Waals surface area contributed by atoms with Crippen molar-refractivity contribution in [3.63, 3.8) is 0 Å². The van der Waals surface area contributed by atoms with E-state index < -0.39 is 74.2 Å². The Morgan fingerprint density at radius 2 is 0.849 bits per heavy atom. The van der Waals surface area contributed by atoms with Gasteiger partial charge in [0.1, 0.15) is 36.6 Å². The van der Waals surface area contributed by atoms with Gasteiger partial charge in [-0.05, 0) is 70.6 Å². The fourth-order valence-corrected chi connectivity index (χ4v) is 9.87. The number of amides is 1. The van der Waals surface area contributed by atoms with Gasteiger partial charge >= 0.3 is 0 Å². The first kappa shape index (κ1) is 69.3. The smallest absolute Gasteiger partial charge is 0.249 e. The largest absolute Gasteiger partial charge is 0.394 e. The second-order valence-electron chi connectivity index (χ2n) is 21.8. The van der Waals surface area contributed by atoms with Gasteiger partial charge in [0.2, 0.25) is 5.91 Å². The Morgan fingerprint density at radius 3 is 1.27 bits per heavy atom. The molecule has 1 aliphatic rings. The van der Waals surface area contributed by atoms with Crippen molar-refractivity contribution in [3.05, 3.63) is 36.5 Å². The number of aliphatic hydroxyl groups is 7. The maximum atomic E-state index is 13.1. The van der Waals surface area contributed by atoms with Gasteiger partial charge in [0.05, 0.1) is 25.4 Å². The van der Waals surface area contributed by atoms with Crippen molar-refractivity contribution < 1.29 is 50.0 Å². The average molecular weight is 1040 g/mol. The predicted octanol–water partition coefficient (Wildman–Crippen LogP) is 13.5. The molecular weight excluding hydrogens is 919 g/mol. The van der Waals surface area contributed by atoms with Gasteiger partial charge in [-0.1, -0.05) is 249 Å². The van der Waals surface area contributed by atoms with E-state index in [4.69, 9.17) is 9.47 Å². The third-order valence-corrected chi connectivity index (χ3v) is 14.9. The Hall–Kier alpha value is -1.67. The van der Waals surface area contributed by atoms with Gasteiger partial charge in [-0.2, -0.15) is 0 Å². The van der Waals surface area contributed by atoms with Gasteiger partial charge in [-0.3, -0.25) is 4.79 Å². The number of aliphatic hydroxyl groups excluding tert-OH is 7. The molecule has 9 unspecified atom stereocenters. The fourth-order valence-electron chi connectivity index (χ4n) is 9.87. The lowest BCUT2D eigenvalue weighted by Gasteiger charge is -2.40. The molecule has 0 saturated carbocycles. The standard InChI is InChI=1S/C62H117NO10/c1-3-5-7-9-11-13-15-16-17-18-19-20-21-22-23-24-25-26-27-28-29-30-31-32-33-34-35-36-37-38-39-40-42-44-46-48-50-55(66)61(71)63-53(52-72-62-60(70)59(69)58(68)56(51-64)73-62)57(67)54(65)49-47-45-43-41-14-12-10-8-6-4-2/h8,10,26-27,41,43,53-60,62,64-70H,3-7,9,11-25,28-40,42,44-52H2,1-2H3,(H,63,71)/b10-8+,27-26-,43-41+. The second kappa shape index (κ2) is 51.1. The minimum absolute atomic E-state index is 0.245. The van der Waals surface area contributed by atoms with Crippen LogP contribution in [0.5, 0.6) is 0 Å². The van der Waals surface area contributed by atoms with Crippen LogP contribution in [-0.4, -0.2) is 110 Å². The molecule has 1 amide bonds. The van der Waals surface area contributed by atoms with Crippen molar-refractivity contribution in [3.8, 4) is 0 Å². The van der Waals surface area contributed by atoms with E-state index >= 15 is 0 Å². The molecule has 1 saturated heterocycles. The lowest BCUT2D eigenvalue weighted by molar-refractivity contribution is -0.303. The highest BCUT2D eigenvalue weighted by atomic mass is 16.7. The zero-order valence-electron chi connectivity index (χ0n) is 47.1. The van der Waals surface area contributed by atoms with Gasteiger partial charge in [-0.25, -0.2) is 0 Å². The van der Waals surface area contributed by atoms with Gasteiger partial charge in [-0.15, -0.1) is 0 Å². The molecule has 0 aromatic heterocycles. The van der Waals surface area contributed by atoms with E-state index in [1.165, 1.54) is 193 Å². The summed E-state index contributed by atoms with van der Waals surface area (Å²) in [4.78, 5) is 13.1. The number of carbonyl (C=O) groups excluding carboxylic acids is 1. The number of hydrogen-bond acceptors (Lipinski definition) is 10. The summed E-state index contributed by atoms with van der Waals surface area (Å²) in [6.07, 6.45) is 52.7. The molecule has 0 aliphatic carbocycles. The van der Waals surface area contributed by atoms with Crippen LogP contribution in [0.15, 0.2) is 36.5 Å². The van der Waals surface area contributed by atoms with Crippen LogP contribution in [0.3, 0.4) is 0 Å².